The average Bonchev–Trinajstić information content (AvgIpc) is 3.52. The largest absolute Gasteiger partial charge is 0.416 e. The number of nitrogens with one attached hydrogen (secondary N) is 1. The molecule has 1 aliphatic heterocycles. The molecule has 1 heterocycles. The molecule has 3 nitrogen and oxygen atoms in total. The summed E-state index contributed by atoms with van der Waals surface area (Å²) in [6.07, 6.45) is -0.506. The van der Waals surface area contributed by atoms with Crippen molar-refractivity contribution in [3.63, 3.8) is 0 Å². The Labute approximate surface area is 234 Å². The zero-order chi connectivity index (χ0) is 28.9. The van der Waals surface area contributed by atoms with Crippen LogP contribution in [-0.2, 0) is 29.1 Å². The second kappa shape index (κ2) is 10.4. The summed E-state index contributed by atoms with van der Waals surface area (Å²) in [4.78, 5) is 15.8. The smallest absolute Gasteiger partial charge is 0.351 e. The highest BCUT2D eigenvalue weighted by atomic mass is 32.2. The first-order chi connectivity index (χ1) is 18.8. The fourth-order valence-corrected chi connectivity index (χ4v) is 7.74. The van der Waals surface area contributed by atoms with E-state index in [9.17, 15) is 31.1 Å². The fraction of sp³-hybridized carbons (Fsp3) is 0.500. The molecule has 2 aliphatic carbocycles. The summed E-state index contributed by atoms with van der Waals surface area (Å²) in [5.74, 6) is 0.0330. The summed E-state index contributed by atoms with van der Waals surface area (Å²) < 4.78 is 78.7. The van der Waals surface area contributed by atoms with Gasteiger partial charge in [-0.1, -0.05) is 43.3 Å². The van der Waals surface area contributed by atoms with E-state index in [1.807, 2.05) is 6.26 Å². The first-order valence-electron chi connectivity index (χ1n) is 13.4. The predicted octanol–water partition coefficient (Wildman–Crippen LogP) is 7.30. The van der Waals surface area contributed by atoms with Gasteiger partial charge in [-0.05, 0) is 79.3 Å². The topological polar surface area (TPSA) is 32.3 Å². The number of amides is 1. The Bertz CT molecular complexity index is 1280. The molecule has 2 aromatic carbocycles. The number of hydrogen-bond acceptors (Lipinski definition) is 3. The molecule has 1 N–H and O–H groups in total. The van der Waals surface area contributed by atoms with Crippen molar-refractivity contribution < 1.29 is 31.1 Å². The van der Waals surface area contributed by atoms with E-state index < -0.39 is 34.8 Å². The monoisotopic (exact) mass is 582 g/mol. The van der Waals surface area contributed by atoms with Crippen molar-refractivity contribution in [2.45, 2.75) is 67.7 Å². The van der Waals surface area contributed by atoms with Crippen LogP contribution in [0.3, 0.4) is 0 Å². The molecule has 1 amide bonds. The summed E-state index contributed by atoms with van der Waals surface area (Å²) in [5, 5.41) is 2.65. The molecule has 2 aromatic rings. The quantitative estimate of drug-likeness (QED) is 0.376. The number of allylic oxidation sites excluding steroid dienone is 1. The number of benzene rings is 2. The standard InChI is InChI=1S/C30H32F6N2OS/c1-19-18-38(12-11-27(19)9-7-21-5-3-4-6-25(21)27)24-8-10-28(16-24,40-2)26(39)37-17-20-13-22(29(31,32)33)15-23(14-20)30(34,35)36/h3-7,9,13-15,19,24H,8,10-12,16-18H2,1-2H3,(H,37,39)/t19-,24?,27-,28?/m0/s1. The van der Waals surface area contributed by atoms with Crippen LogP contribution in [0.5, 0.6) is 0 Å². The third-order valence-corrected chi connectivity index (χ3v) is 10.4. The lowest BCUT2D eigenvalue weighted by atomic mass is 9.68. The molecule has 2 fully saturated rings. The minimum Gasteiger partial charge on any atom is -0.351 e. The zero-order valence-electron chi connectivity index (χ0n) is 22.3. The van der Waals surface area contributed by atoms with Gasteiger partial charge in [0.25, 0.3) is 0 Å². The molecule has 40 heavy (non-hydrogen) atoms. The van der Waals surface area contributed by atoms with Crippen molar-refractivity contribution in [2.24, 2.45) is 5.92 Å². The maximum atomic E-state index is 13.4. The maximum absolute atomic E-state index is 13.4. The number of likely N-dealkylation sites (tertiary alicyclic amines) is 1. The molecule has 2 unspecified atom stereocenters. The Kier molecular flexibility index (Phi) is 7.57. The lowest BCUT2D eigenvalue weighted by molar-refractivity contribution is -0.143. The third kappa shape index (κ3) is 5.29. The van der Waals surface area contributed by atoms with Crippen molar-refractivity contribution >= 4 is 23.7 Å². The summed E-state index contributed by atoms with van der Waals surface area (Å²) in [7, 11) is 0. The van der Waals surface area contributed by atoms with E-state index in [4.69, 9.17) is 0 Å². The minimum absolute atomic E-state index is 0.0138. The Morgan fingerprint density at radius 2 is 1.73 bits per heavy atom. The number of carbonyl (C=O) groups excluding carboxylic acids is 1. The van der Waals surface area contributed by atoms with Crippen molar-refractivity contribution in [1.82, 2.24) is 10.2 Å². The van der Waals surface area contributed by atoms with Crippen LogP contribution in [0, 0.1) is 5.92 Å². The molecule has 0 bridgehead atoms. The molecule has 1 saturated heterocycles. The average molecular weight is 583 g/mol. The highest BCUT2D eigenvalue weighted by Crippen LogP contribution is 2.49. The molecule has 10 heteroatoms. The molecular formula is C30H32F6N2OS. The molecular weight excluding hydrogens is 550 g/mol. The van der Waals surface area contributed by atoms with Gasteiger partial charge in [0, 0.05) is 24.5 Å². The highest BCUT2D eigenvalue weighted by molar-refractivity contribution is 8.00. The van der Waals surface area contributed by atoms with Crippen LogP contribution in [-0.4, -0.2) is 40.9 Å². The number of thioether (sulfide) groups is 1. The number of fused-ring (bicyclic) bond motifs is 2. The van der Waals surface area contributed by atoms with E-state index >= 15 is 0 Å². The van der Waals surface area contributed by atoms with Gasteiger partial charge in [0.2, 0.25) is 5.91 Å². The number of halogens is 6. The van der Waals surface area contributed by atoms with Crippen molar-refractivity contribution in [3.8, 4) is 0 Å². The van der Waals surface area contributed by atoms with Crippen molar-refractivity contribution in [1.29, 1.82) is 0 Å². The number of alkyl halides is 6. The minimum atomic E-state index is -4.93. The molecule has 3 aliphatic rings. The first-order valence-corrected chi connectivity index (χ1v) is 14.6. The molecule has 5 rings (SSSR count). The van der Waals surface area contributed by atoms with Crippen molar-refractivity contribution in [2.75, 3.05) is 19.3 Å². The highest BCUT2D eigenvalue weighted by Gasteiger charge is 2.50. The van der Waals surface area contributed by atoms with E-state index in [0.717, 1.165) is 25.9 Å². The van der Waals surface area contributed by atoms with E-state index in [1.54, 1.807) is 0 Å². The molecule has 1 saturated carbocycles. The summed E-state index contributed by atoms with van der Waals surface area (Å²) in [6.45, 7) is 3.64. The van der Waals surface area contributed by atoms with Gasteiger partial charge in [0.15, 0.2) is 0 Å². The second-order valence-corrected chi connectivity index (χ2v) is 12.5. The van der Waals surface area contributed by atoms with E-state index in [0.29, 0.717) is 30.9 Å². The second-order valence-electron chi connectivity index (χ2n) is 11.3. The predicted molar refractivity (Wildman–Crippen MR) is 145 cm³/mol. The number of hydrogen-bond donors (Lipinski definition) is 1. The summed E-state index contributed by atoms with van der Waals surface area (Å²) >= 11 is 1.41. The van der Waals surface area contributed by atoms with Gasteiger partial charge >= 0.3 is 12.4 Å². The van der Waals surface area contributed by atoms with Crippen molar-refractivity contribution in [3.05, 3.63) is 76.4 Å². The van der Waals surface area contributed by atoms with E-state index in [-0.39, 0.29) is 29.0 Å². The van der Waals surface area contributed by atoms with Gasteiger partial charge < -0.3 is 5.32 Å². The van der Waals surface area contributed by atoms with Crippen LogP contribution in [0.15, 0.2) is 48.5 Å². The van der Waals surface area contributed by atoms with Gasteiger partial charge in [0.1, 0.15) is 0 Å². The number of nitrogens with zero attached hydrogens (tertiary/aromatic N) is 1. The van der Waals surface area contributed by atoms with Crippen LogP contribution in [0.25, 0.3) is 6.08 Å². The van der Waals surface area contributed by atoms with Crippen LogP contribution in [0.2, 0.25) is 0 Å². The molecule has 4 atom stereocenters. The van der Waals surface area contributed by atoms with Crippen LogP contribution >= 0.6 is 11.8 Å². The van der Waals surface area contributed by atoms with Gasteiger partial charge in [-0.15, -0.1) is 11.8 Å². The van der Waals surface area contributed by atoms with Crippen LogP contribution in [0.4, 0.5) is 26.3 Å². The molecule has 1 spiro atoms. The molecule has 0 radical (unpaired) electrons. The van der Waals surface area contributed by atoms with Crippen LogP contribution in [0.1, 0.15) is 60.4 Å². The lowest BCUT2D eigenvalue weighted by Crippen LogP contribution is -2.51. The van der Waals surface area contributed by atoms with E-state index in [2.05, 4.69) is 53.6 Å². The number of rotatable bonds is 5. The summed E-state index contributed by atoms with van der Waals surface area (Å²) in [5.41, 5.74) is -0.353. The molecule has 216 valence electrons. The maximum Gasteiger partial charge on any atom is 0.416 e. The summed E-state index contributed by atoms with van der Waals surface area (Å²) in [6, 6.07) is 10.1. The lowest BCUT2D eigenvalue weighted by Gasteiger charge is -2.46. The Balaban J connectivity index is 1.25. The normalized spacial score (nSPS) is 28.7. The zero-order valence-corrected chi connectivity index (χ0v) is 23.1. The third-order valence-electron chi connectivity index (χ3n) is 9.09. The first kappa shape index (κ1) is 29.0. The fourth-order valence-electron chi connectivity index (χ4n) is 6.80. The number of piperidine rings is 1. The Morgan fingerprint density at radius 1 is 1.05 bits per heavy atom. The van der Waals surface area contributed by atoms with Gasteiger partial charge in [0.05, 0.1) is 15.9 Å². The molecule has 0 aromatic heterocycles. The van der Waals surface area contributed by atoms with Gasteiger partial charge in [-0.2, -0.15) is 26.3 Å². The number of carbonyl (C=O) groups is 1. The van der Waals surface area contributed by atoms with Crippen LogP contribution < -0.4 is 5.32 Å². The van der Waals surface area contributed by atoms with E-state index in [1.165, 1.54) is 22.9 Å². The Morgan fingerprint density at radius 3 is 2.35 bits per heavy atom. The SMILES string of the molecule is CSC1(C(=O)NCc2cc(C(F)(F)F)cc(C(F)(F)F)c2)CCC(N2CC[C@@]3(C=Cc4ccccc43)[C@@H](C)C2)C1. The Hall–Kier alpha value is -2.46. The van der Waals surface area contributed by atoms with Gasteiger partial charge in [-0.3, -0.25) is 9.69 Å². The van der Waals surface area contributed by atoms with Gasteiger partial charge in [-0.25, -0.2) is 0 Å².